The van der Waals surface area contributed by atoms with Crippen LogP contribution in [0.4, 0.5) is 15.8 Å². The number of pyridine rings is 1. The molecule has 8 heteroatoms. The van der Waals surface area contributed by atoms with Gasteiger partial charge in [0.1, 0.15) is 11.6 Å². The number of phenolic OH excluding ortho intramolecular Hbond substituents is 1. The van der Waals surface area contributed by atoms with Crippen LogP contribution >= 0.6 is 11.6 Å². The van der Waals surface area contributed by atoms with E-state index in [1.165, 1.54) is 24.3 Å². The average molecular weight is 453 g/mol. The molecule has 3 aromatic rings. The molecule has 1 fully saturated rings. The second-order valence-corrected chi connectivity index (χ2v) is 8.60. The van der Waals surface area contributed by atoms with Gasteiger partial charge in [0.25, 0.3) is 0 Å². The van der Waals surface area contributed by atoms with Gasteiger partial charge >= 0.3 is 0 Å². The van der Waals surface area contributed by atoms with Crippen LogP contribution in [0.5, 0.6) is 5.75 Å². The minimum absolute atomic E-state index is 0.0601. The Morgan fingerprint density at radius 1 is 1.31 bits per heavy atom. The van der Waals surface area contributed by atoms with Crippen molar-refractivity contribution in [3.8, 4) is 16.9 Å². The van der Waals surface area contributed by atoms with E-state index in [0.717, 1.165) is 23.3 Å². The Hall–Kier alpha value is -3.32. The van der Waals surface area contributed by atoms with Gasteiger partial charge in [-0.25, -0.2) is 4.39 Å². The van der Waals surface area contributed by atoms with Crippen LogP contribution in [0.15, 0.2) is 49.2 Å². The average Bonchev–Trinajstić information content (AvgIpc) is 2.78. The van der Waals surface area contributed by atoms with Crippen LogP contribution < -0.4 is 9.80 Å². The van der Waals surface area contributed by atoms with Gasteiger partial charge in [-0.05, 0) is 30.3 Å². The van der Waals surface area contributed by atoms with Crippen molar-refractivity contribution in [2.45, 2.75) is 6.04 Å². The molecule has 1 aromatic heterocycles. The van der Waals surface area contributed by atoms with Crippen LogP contribution in [0, 0.1) is 5.82 Å². The number of anilines is 2. The number of rotatable bonds is 2. The van der Waals surface area contributed by atoms with Gasteiger partial charge in [0.05, 0.1) is 34.7 Å². The van der Waals surface area contributed by atoms with E-state index in [1.807, 2.05) is 18.1 Å². The van der Waals surface area contributed by atoms with Gasteiger partial charge in [-0.15, -0.1) is 0 Å². The van der Waals surface area contributed by atoms with E-state index >= 15 is 0 Å². The number of carbonyl (C=O) groups excluding carboxylic acids is 1. The molecule has 0 radical (unpaired) electrons. The first-order valence-electron chi connectivity index (χ1n) is 10.4. The summed E-state index contributed by atoms with van der Waals surface area (Å²) < 4.78 is 14.5. The predicted octanol–water partition coefficient (Wildman–Crippen LogP) is 4.05. The summed E-state index contributed by atoms with van der Waals surface area (Å²) in [6, 6.07) is 7.80. The van der Waals surface area contributed by atoms with Crippen molar-refractivity contribution in [2.75, 3.05) is 43.0 Å². The highest BCUT2D eigenvalue weighted by Gasteiger charge is 2.36. The maximum Gasteiger partial charge on any atom is 0.246 e. The second-order valence-electron chi connectivity index (χ2n) is 8.19. The minimum atomic E-state index is -0.549. The van der Waals surface area contributed by atoms with Gasteiger partial charge in [-0.1, -0.05) is 24.2 Å². The molecule has 1 N–H and O–H groups in total. The number of amides is 1. The Balaban J connectivity index is 1.64. The summed E-state index contributed by atoms with van der Waals surface area (Å²) in [5.74, 6) is -0.783. The number of nitrogens with zero attached hydrogens (tertiary/aromatic N) is 4. The van der Waals surface area contributed by atoms with E-state index < -0.39 is 5.82 Å². The van der Waals surface area contributed by atoms with E-state index in [0.29, 0.717) is 35.7 Å². The molecule has 2 aliphatic heterocycles. The van der Waals surface area contributed by atoms with E-state index in [4.69, 9.17) is 11.6 Å². The fourth-order valence-corrected chi connectivity index (χ4v) is 5.05. The zero-order chi connectivity index (χ0) is 22.6. The number of hydrogen-bond donors (Lipinski definition) is 1. The number of hydrogen-bond acceptors (Lipinski definition) is 5. The van der Waals surface area contributed by atoms with Crippen molar-refractivity contribution in [1.29, 1.82) is 0 Å². The highest BCUT2D eigenvalue weighted by atomic mass is 35.5. The third-order valence-electron chi connectivity index (χ3n) is 6.32. The molecule has 2 aromatic carbocycles. The molecule has 0 bridgehead atoms. The first kappa shape index (κ1) is 20.6. The molecule has 6 nitrogen and oxygen atoms in total. The summed E-state index contributed by atoms with van der Waals surface area (Å²) in [5, 5.41) is 11.4. The number of aromatic nitrogens is 1. The molecule has 1 saturated heterocycles. The van der Waals surface area contributed by atoms with Crippen molar-refractivity contribution < 1.29 is 14.3 Å². The summed E-state index contributed by atoms with van der Waals surface area (Å²) in [6.45, 7) is 6.25. The van der Waals surface area contributed by atoms with E-state index in [2.05, 4.69) is 21.4 Å². The van der Waals surface area contributed by atoms with Crippen LogP contribution in [0.25, 0.3) is 22.0 Å². The van der Waals surface area contributed by atoms with E-state index in [-0.39, 0.29) is 23.3 Å². The van der Waals surface area contributed by atoms with Crippen molar-refractivity contribution in [3.63, 3.8) is 0 Å². The lowest BCUT2D eigenvalue weighted by Crippen LogP contribution is -2.60. The number of carbonyl (C=O) groups is 1. The smallest absolute Gasteiger partial charge is 0.246 e. The molecule has 32 heavy (non-hydrogen) atoms. The third kappa shape index (κ3) is 3.15. The van der Waals surface area contributed by atoms with E-state index in [1.54, 1.807) is 12.1 Å². The number of piperazine rings is 1. The standard InChI is InChI=1S/C24H22ClFN4O2/c1-3-22(32)29-7-8-30-14(13-29)12-28(2)20-11-27-19-10-15(17(25)9-16(19)24(20)30)23-18(26)5-4-6-21(23)31/h3-6,9-11,14,31H,1,7-8,12-13H2,2H3. The van der Waals surface area contributed by atoms with Crippen molar-refractivity contribution in [2.24, 2.45) is 0 Å². The quantitative estimate of drug-likeness (QED) is 0.594. The molecule has 3 heterocycles. The molecule has 164 valence electrons. The summed E-state index contributed by atoms with van der Waals surface area (Å²) >= 11 is 6.62. The number of halogens is 2. The Bertz CT molecular complexity index is 1240. The van der Waals surface area contributed by atoms with Gasteiger partial charge in [0.2, 0.25) is 5.91 Å². The molecular formula is C24H22ClFN4O2. The highest BCUT2D eigenvalue weighted by Crippen LogP contribution is 2.44. The van der Waals surface area contributed by atoms with E-state index in [9.17, 15) is 14.3 Å². The maximum atomic E-state index is 14.5. The van der Waals surface area contributed by atoms with Gasteiger partial charge in [-0.3, -0.25) is 9.78 Å². The first-order chi connectivity index (χ1) is 15.4. The van der Waals surface area contributed by atoms with Crippen LogP contribution in [-0.2, 0) is 4.79 Å². The van der Waals surface area contributed by atoms with Gasteiger partial charge < -0.3 is 19.8 Å². The zero-order valence-corrected chi connectivity index (χ0v) is 18.3. The van der Waals surface area contributed by atoms with Crippen LogP contribution in [0.1, 0.15) is 0 Å². The lowest BCUT2D eigenvalue weighted by molar-refractivity contribution is -0.126. The molecular weight excluding hydrogens is 431 g/mol. The Labute approximate surface area is 190 Å². The number of phenols is 1. The Kier molecular flexibility index (Phi) is 4.93. The van der Waals surface area contributed by atoms with Crippen molar-refractivity contribution >= 4 is 39.8 Å². The minimum Gasteiger partial charge on any atom is -0.507 e. The topological polar surface area (TPSA) is 59.9 Å². The molecule has 0 spiro atoms. The highest BCUT2D eigenvalue weighted by molar-refractivity contribution is 6.34. The predicted molar refractivity (Wildman–Crippen MR) is 125 cm³/mol. The number of aromatic hydroxyl groups is 1. The fourth-order valence-electron chi connectivity index (χ4n) is 4.79. The van der Waals surface area contributed by atoms with Gasteiger partial charge in [0, 0.05) is 49.2 Å². The SMILES string of the molecule is C=CC(=O)N1CCN2c3c(cnc4cc(-c5c(O)cccc5F)c(Cl)cc34)N(C)CC2C1. The van der Waals surface area contributed by atoms with Gasteiger partial charge in [-0.2, -0.15) is 0 Å². The molecule has 0 saturated carbocycles. The number of fused-ring (bicyclic) bond motifs is 5. The van der Waals surface area contributed by atoms with Crippen molar-refractivity contribution in [3.05, 3.63) is 60.0 Å². The number of benzene rings is 2. The van der Waals surface area contributed by atoms with Crippen LogP contribution in [0.2, 0.25) is 5.02 Å². The van der Waals surface area contributed by atoms with Crippen molar-refractivity contribution in [1.82, 2.24) is 9.88 Å². The summed E-state index contributed by atoms with van der Waals surface area (Å²) in [7, 11) is 2.01. The Morgan fingerprint density at radius 3 is 2.88 bits per heavy atom. The van der Waals surface area contributed by atoms with Gasteiger partial charge in [0.15, 0.2) is 0 Å². The molecule has 1 atom stereocenters. The summed E-state index contributed by atoms with van der Waals surface area (Å²) in [4.78, 5) is 23.0. The summed E-state index contributed by atoms with van der Waals surface area (Å²) in [5.41, 5.74) is 3.10. The lowest BCUT2D eigenvalue weighted by Gasteiger charge is -2.48. The maximum absolute atomic E-state index is 14.5. The monoisotopic (exact) mass is 452 g/mol. The lowest BCUT2D eigenvalue weighted by atomic mass is 9.98. The Morgan fingerprint density at radius 2 is 2.12 bits per heavy atom. The third-order valence-corrected chi connectivity index (χ3v) is 6.63. The molecule has 0 aliphatic carbocycles. The molecule has 1 unspecified atom stereocenters. The molecule has 5 rings (SSSR count). The van der Waals surface area contributed by atoms with Crippen LogP contribution in [0.3, 0.4) is 0 Å². The fraction of sp³-hybridized carbons (Fsp3) is 0.250. The second kappa shape index (κ2) is 7.67. The molecule has 2 aliphatic rings. The number of likely N-dealkylation sites (N-methyl/N-ethyl adjacent to an activating group) is 1. The molecule has 1 amide bonds. The largest absolute Gasteiger partial charge is 0.507 e. The first-order valence-corrected chi connectivity index (χ1v) is 10.8. The summed E-state index contributed by atoms with van der Waals surface area (Å²) in [6.07, 6.45) is 3.17. The zero-order valence-electron chi connectivity index (χ0n) is 17.6. The normalized spacial score (nSPS) is 17.8. The van der Waals surface area contributed by atoms with Crippen LogP contribution in [-0.4, -0.2) is 60.2 Å².